The summed E-state index contributed by atoms with van der Waals surface area (Å²) in [5.74, 6) is 1.06. The fourth-order valence-corrected chi connectivity index (χ4v) is 3.83. The molecule has 3 heterocycles. The maximum Gasteiger partial charge on any atom is 0.225 e. The van der Waals surface area contributed by atoms with Crippen LogP contribution in [0.2, 0.25) is 0 Å². The Morgan fingerprint density at radius 1 is 1.21 bits per heavy atom. The van der Waals surface area contributed by atoms with Gasteiger partial charge < -0.3 is 14.4 Å². The Hall–Kier alpha value is -2.21. The number of methoxy groups -OCH3 is 1. The predicted octanol–water partition coefficient (Wildman–Crippen LogP) is 2.69. The van der Waals surface area contributed by atoms with Gasteiger partial charge in [-0.1, -0.05) is 12.1 Å². The molecule has 0 saturated carbocycles. The summed E-state index contributed by atoms with van der Waals surface area (Å²) in [6.45, 7) is 2.26. The maximum atomic E-state index is 13.0. The number of nitrogens with zero attached hydrogens (tertiary/aromatic N) is 3. The van der Waals surface area contributed by atoms with Crippen LogP contribution in [0.25, 0.3) is 0 Å². The van der Waals surface area contributed by atoms with Gasteiger partial charge in [-0.3, -0.25) is 0 Å². The number of halogens is 1. The molecule has 0 amide bonds. The molecule has 2 aliphatic heterocycles. The first-order valence-electron chi connectivity index (χ1n) is 8.25. The van der Waals surface area contributed by atoms with Crippen LogP contribution in [-0.4, -0.2) is 36.8 Å². The SMILES string of the molecule is COc1cccc2c1C1(CCN(c3ncc(F)cn3)CC1)OCC2. The van der Waals surface area contributed by atoms with Crippen molar-refractivity contribution < 1.29 is 13.9 Å². The second kappa shape index (κ2) is 6.02. The van der Waals surface area contributed by atoms with Crippen molar-refractivity contribution >= 4 is 5.95 Å². The zero-order valence-electron chi connectivity index (χ0n) is 13.7. The van der Waals surface area contributed by atoms with Crippen LogP contribution in [-0.2, 0) is 16.8 Å². The first kappa shape index (κ1) is 15.3. The van der Waals surface area contributed by atoms with Crippen LogP contribution >= 0.6 is 0 Å². The number of benzene rings is 1. The highest BCUT2D eigenvalue weighted by Gasteiger charge is 2.43. The Bertz CT molecular complexity index is 713. The summed E-state index contributed by atoms with van der Waals surface area (Å²) in [7, 11) is 1.71. The van der Waals surface area contributed by atoms with Gasteiger partial charge in [0.2, 0.25) is 5.95 Å². The number of rotatable bonds is 2. The molecule has 0 bridgehead atoms. The fourth-order valence-electron chi connectivity index (χ4n) is 3.83. The van der Waals surface area contributed by atoms with Crippen molar-refractivity contribution in [2.24, 2.45) is 0 Å². The number of aromatic nitrogens is 2. The molecule has 1 aromatic heterocycles. The van der Waals surface area contributed by atoms with E-state index in [1.165, 1.54) is 23.5 Å². The minimum Gasteiger partial charge on any atom is -0.496 e. The van der Waals surface area contributed by atoms with Crippen LogP contribution in [0.3, 0.4) is 0 Å². The molecule has 5 nitrogen and oxygen atoms in total. The number of anilines is 1. The van der Waals surface area contributed by atoms with Crippen molar-refractivity contribution in [3.63, 3.8) is 0 Å². The lowest BCUT2D eigenvalue weighted by Crippen LogP contribution is -2.47. The van der Waals surface area contributed by atoms with E-state index in [9.17, 15) is 4.39 Å². The smallest absolute Gasteiger partial charge is 0.225 e. The van der Waals surface area contributed by atoms with Gasteiger partial charge in [0.1, 0.15) is 11.4 Å². The van der Waals surface area contributed by atoms with Crippen LogP contribution in [0.5, 0.6) is 5.75 Å². The molecule has 2 aliphatic rings. The Labute approximate surface area is 140 Å². The Kier molecular flexibility index (Phi) is 3.84. The van der Waals surface area contributed by atoms with Gasteiger partial charge in [-0.05, 0) is 30.9 Å². The first-order valence-corrected chi connectivity index (χ1v) is 8.25. The van der Waals surface area contributed by atoms with Crippen molar-refractivity contribution in [1.82, 2.24) is 9.97 Å². The zero-order valence-corrected chi connectivity index (χ0v) is 13.7. The summed E-state index contributed by atoms with van der Waals surface area (Å²) < 4.78 is 24.9. The quantitative estimate of drug-likeness (QED) is 0.848. The fraction of sp³-hybridized carbons (Fsp3) is 0.444. The molecule has 0 N–H and O–H groups in total. The molecule has 24 heavy (non-hydrogen) atoms. The van der Waals surface area contributed by atoms with Crippen molar-refractivity contribution in [2.75, 3.05) is 31.7 Å². The molecule has 126 valence electrons. The summed E-state index contributed by atoms with van der Waals surface area (Å²) in [5, 5.41) is 0. The van der Waals surface area contributed by atoms with Crippen molar-refractivity contribution in [3.8, 4) is 5.75 Å². The molecular weight excluding hydrogens is 309 g/mol. The monoisotopic (exact) mass is 329 g/mol. The van der Waals surface area contributed by atoms with E-state index < -0.39 is 5.82 Å². The van der Waals surface area contributed by atoms with E-state index in [0.717, 1.165) is 44.7 Å². The van der Waals surface area contributed by atoms with E-state index >= 15 is 0 Å². The highest BCUT2D eigenvalue weighted by Crippen LogP contribution is 2.46. The summed E-state index contributed by atoms with van der Waals surface area (Å²) >= 11 is 0. The van der Waals surface area contributed by atoms with E-state index in [-0.39, 0.29) is 5.60 Å². The topological polar surface area (TPSA) is 47.5 Å². The van der Waals surface area contributed by atoms with E-state index in [0.29, 0.717) is 5.95 Å². The van der Waals surface area contributed by atoms with Gasteiger partial charge >= 0.3 is 0 Å². The first-order chi connectivity index (χ1) is 11.7. The normalized spacial score (nSPS) is 19.2. The molecule has 0 atom stereocenters. The third-order valence-corrected chi connectivity index (χ3v) is 5.00. The third kappa shape index (κ3) is 2.51. The number of hydrogen-bond donors (Lipinski definition) is 0. The predicted molar refractivity (Wildman–Crippen MR) is 87.8 cm³/mol. The molecule has 1 saturated heterocycles. The number of hydrogen-bond acceptors (Lipinski definition) is 5. The van der Waals surface area contributed by atoms with Crippen molar-refractivity contribution in [1.29, 1.82) is 0 Å². The lowest BCUT2D eigenvalue weighted by Gasteiger charge is -2.45. The van der Waals surface area contributed by atoms with Crippen LogP contribution in [0, 0.1) is 5.82 Å². The number of fused-ring (bicyclic) bond motifs is 2. The van der Waals surface area contributed by atoms with E-state index in [2.05, 4.69) is 20.9 Å². The Morgan fingerprint density at radius 3 is 2.67 bits per heavy atom. The second-order valence-corrected chi connectivity index (χ2v) is 6.28. The van der Waals surface area contributed by atoms with Gasteiger partial charge in [0.05, 0.1) is 26.1 Å². The molecule has 6 heteroatoms. The third-order valence-electron chi connectivity index (χ3n) is 5.00. The zero-order chi connectivity index (χ0) is 16.6. The van der Waals surface area contributed by atoms with Gasteiger partial charge in [0, 0.05) is 18.7 Å². The van der Waals surface area contributed by atoms with Crippen LogP contribution in [0.1, 0.15) is 24.0 Å². The van der Waals surface area contributed by atoms with Crippen molar-refractivity contribution in [3.05, 3.63) is 47.5 Å². The largest absolute Gasteiger partial charge is 0.496 e. The highest BCUT2D eigenvalue weighted by atomic mass is 19.1. The average molecular weight is 329 g/mol. The Balaban J connectivity index is 1.61. The minimum absolute atomic E-state index is 0.309. The van der Waals surface area contributed by atoms with Gasteiger partial charge in [-0.15, -0.1) is 0 Å². The molecule has 2 aromatic rings. The van der Waals surface area contributed by atoms with E-state index in [4.69, 9.17) is 9.47 Å². The molecule has 0 radical (unpaired) electrons. The van der Waals surface area contributed by atoms with Crippen LogP contribution in [0.4, 0.5) is 10.3 Å². The number of ether oxygens (including phenoxy) is 2. The summed E-state index contributed by atoms with van der Waals surface area (Å²) in [6, 6.07) is 6.21. The second-order valence-electron chi connectivity index (χ2n) is 6.28. The molecule has 4 rings (SSSR count). The van der Waals surface area contributed by atoms with Gasteiger partial charge in [-0.2, -0.15) is 0 Å². The lowest BCUT2D eigenvalue weighted by molar-refractivity contribution is -0.0780. The summed E-state index contributed by atoms with van der Waals surface area (Å²) in [6.07, 6.45) is 5.01. The summed E-state index contributed by atoms with van der Waals surface area (Å²) in [5.41, 5.74) is 2.20. The molecule has 1 fully saturated rings. The highest BCUT2D eigenvalue weighted by molar-refractivity contribution is 5.47. The van der Waals surface area contributed by atoms with Crippen molar-refractivity contribution in [2.45, 2.75) is 24.9 Å². The maximum absolute atomic E-state index is 13.0. The van der Waals surface area contributed by atoms with E-state index in [1.54, 1.807) is 7.11 Å². The molecule has 1 spiro atoms. The van der Waals surface area contributed by atoms with Gasteiger partial charge in [-0.25, -0.2) is 14.4 Å². The minimum atomic E-state index is -0.415. The molecule has 0 unspecified atom stereocenters. The van der Waals surface area contributed by atoms with Gasteiger partial charge in [0.25, 0.3) is 0 Å². The number of piperidine rings is 1. The van der Waals surface area contributed by atoms with Gasteiger partial charge in [0.15, 0.2) is 5.82 Å². The molecule has 1 aromatic carbocycles. The average Bonchev–Trinajstić information content (AvgIpc) is 2.63. The standard InChI is InChI=1S/C18H20FN3O2/c1-23-15-4-2-3-13-5-10-24-18(16(13)15)6-8-22(9-7-18)17-20-11-14(19)12-21-17/h2-4,11-12H,5-10H2,1H3. The molecule has 0 aliphatic carbocycles. The molecular formula is C18H20FN3O2. The lowest BCUT2D eigenvalue weighted by atomic mass is 9.79. The van der Waals surface area contributed by atoms with Crippen LogP contribution in [0.15, 0.2) is 30.6 Å². The van der Waals surface area contributed by atoms with E-state index in [1.807, 2.05) is 12.1 Å². The Morgan fingerprint density at radius 2 is 1.96 bits per heavy atom. The summed E-state index contributed by atoms with van der Waals surface area (Å²) in [4.78, 5) is 10.3. The van der Waals surface area contributed by atoms with Crippen LogP contribution < -0.4 is 9.64 Å².